The minimum atomic E-state index is -0.0463. The molecule has 0 aromatic heterocycles. The first-order valence-electron chi connectivity index (χ1n) is 8.48. The van der Waals surface area contributed by atoms with Crippen LogP contribution in [0.3, 0.4) is 0 Å². The second kappa shape index (κ2) is 11.2. The molecule has 8 heteroatoms. The average molecular weight is 476 g/mol. The highest BCUT2D eigenvalue weighted by molar-refractivity contribution is 14.0. The van der Waals surface area contributed by atoms with Gasteiger partial charge in [0.1, 0.15) is 12.3 Å². The predicted molar refractivity (Wildman–Crippen MR) is 114 cm³/mol. The number of amides is 1. The molecule has 1 amide bonds. The van der Waals surface area contributed by atoms with Gasteiger partial charge in [-0.2, -0.15) is 0 Å². The molecule has 26 heavy (non-hydrogen) atoms. The second-order valence-corrected chi connectivity index (χ2v) is 6.26. The van der Waals surface area contributed by atoms with Crippen LogP contribution in [0.4, 0.5) is 0 Å². The van der Waals surface area contributed by atoms with E-state index in [0.29, 0.717) is 25.7 Å². The first-order chi connectivity index (χ1) is 12.0. The SMILES string of the molecule is COCCNC(=NCC(=O)N(C)C)NC(C)C1COc2ccccc21.I. The molecule has 2 rings (SSSR count). The number of halogens is 1. The first-order valence-corrected chi connectivity index (χ1v) is 8.48. The van der Waals surface area contributed by atoms with Gasteiger partial charge in [-0.25, -0.2) is 4.99 Å². The fraction of sp³-hybridized carbons (Fsp3) is 0.556. The summed E-state index contributed by atoms with van der Waals surface area (Å²) in [6.45, 7) is 4.00. The lowest BCUT2D eigenvalue weighted by molar-refractivity contribution is -0.127. The number of carbonyl (C=O) groups is 1. The van der Waals surface area contributed by atoms with Crippen LogP contribution in [0, 0.1) is 0 Å². The Morgan fingerprint density at radius 3 is 2.85 bits per heavy atom. The monoisotopic (exact) mass is 476 g/mol. The molecule has 2 N–H and O–H groups in total. The molecule has 1 aromatic carbocycles. The number of para-hydroxylation sites is 1. The van der Waals surface area contributed by atoms with Crippen molar-refractivity contribution >= 4 is 35.8 Å². The number of rotatable bonds is 7. The van der Waals surface area contributed by atoms with Crippen molar-refractivity contribution in [3.63, 3.8) is 0 Å². The summed E-state index contributed by atoms with van der Waals surface area (Å²) in [5.74, 6) is 1.73. The molecule has 0 fully saturated rings. The summed E-state index contributed by atoms with van der Waals surface area (Å²) in [7, 11) is 5.09. The topological polar surface area (TPSA) is 75.2 Å². The van der Waals surface area contributed by atoms with E-state index in [4.69, 9.17) is 9.47 Å². The van der Waals surface area contributed by atoms with Crippen LogP contribution in [0.2, 0.25) is 0 Å². The van der Waals surface area contributed by atoms with E-state index in [9.17, 15) is 4.79 Å². The lowest BCUT2D eigenvalue weighted by atomic mass is 9.94. The molecule has 7 nitrogen and oxygen atoms in total. The van der Waals surface area contributed by atoms with Gasteiger partial charge in [-0.05, 0) is 13.0 Å². The van der Waals surface area contributed by atoms with Crippen molar-refractivity contribution in [1.82, 2.24) is 15.5 Å². The van der Waals surface area contributed by atoms with E-state index in [1.165, 1.54) is 10.5 Å². The molecule has 0 aliphatic carbocycles. The minimum Gasteiger partial charge on any atom is -0.493 e. The van der Waals surface area contributed by atoms with E-state index in [1.54, 1.807) is 21.2 Å². The van der Waals surface area contributed by atoms with Crippen LogP contribution in [0.15, 0.2) is 29.3 Å². The zero-order chi connectivity index (χ0) is 18.2. The Bertz CT molecular complexity index is 610. The molecule has 0 spiro atoms. The summed E-state index contributed by atoms with van der Waals surface area (Å²) in [5, 5.41) is 6.58. The van der Waals surface area contributed by atoms with E-state index >= 15 is 0 Å². The molecule has 1 aliphatic rings. The van der Waals surface area contributed by atoms with Crippen LogP contribution >= 0.6 is 24.0 Å². The number of hydrogen-bond acceptors (Lipinski definition) is 4. The van der Waals surface area contributed by atoms with Crippen LogP contribution < -0.4 is 15.4 Å². The highest BCUT2D eigenvalue weighted by atomic mass is 127. The average Bonchev–Trinajstić information content (AvgIpc) is 3.03. The fourth-order valence-corrected chi connectivity index (χ4v) is 2.63. The van der Waals surface area contributed by atoms with Gasteiger partial charge in [0.25, 0.3) is 0 Å². The van der Waals surface area contributed by atoms with Crippen molar-refractivity contribution in [1.29, 1.82) is 0 Å². The van der Waals surface area contributed by atoms with Gasteiger partial charge in [0.2, 0.25) is 5.91 Å². The standard InChI is InChI=1S/C18H28N4O3.HI/c1-13(15-12-25-16-8-6-5-7-14(15)16)21-18(19-9-10-24-4)20-11-17(23)22(2)3;/h5-8,13,15H,9-12H2,1-4H3,(H2,19,20,21);1H. The van der Waals surface area contributed by atoms with Crippen LogP contribution in [-0.4, -0.2) is 70.3 Å². The number of nitrogens with one attached hydrogen (secondary N) is 2. The Kier molecular flexibility index (Phi) is 9.71. The summed E-state index contributed by atoms with van der Waals surface area (Å²) in [4.78, 5) is 17.7. The van der Waals surface area contributed by atoms with Gasteiger partial charge in [-0.3, -0.25) is 4.79 Å². The van der Waals surface area contributed by atoms with Crippen LogP contribution in [-0.2, 0) is 9.53 Å². The number of aliphatic imine (C=N–C) groups is 1. The third-order valence-electron chi connectivity index (χ3n) is 4.17. The van der Waals surface area contributed by atoms with Crippen molar-refractivity contribution in [3.8, 4) is 5.75 Å². The van der Waals surface area contributed by atoms with Crippen LogP contribution in [0.5, 0.6) is 5.75 Å². The Morgan fingerprint density at radius 2 is 2.15 bits per heavy atom. The molecule has 1 aliphatic heterocycles. The van der Waals surface area contributed by atoms with E-state index in [-0.39, 0.29) is 48.4 Å². The minimum absolute atomic E-state index is 0. The smallest absolute Gasteiger partial charge is 0.243 e. The highest BCUT2D eigenvalue weighted by Crippen LogP contribution is 2.35. The number of hydrogen-bond donors (Lipinski definition) is 2. The van der Waals surface area contributed by atoms with Gasteiger partial charge in [-0.15, -0.1) is 24.0 Å². The van der Waals surface area contributed by atoms with E-state index in [1.807, 2.05) is 18.2 Å². The zero-order valence-corrected chi connectivity index (χ0v) is 18.2. The van der Waals surface area contributed by atoms with Gasteiger partial charge in [-0.1, -0.05) is 18.2 Å². The second-order valence-electron chi connectivity index (χ2n) is 6.26. The first kappa shape index (κ1) is 22.5. The molecule has 2 unspecified atom stereocenters. The number of methoxy groups -OCH3 is 1. The van der Waals surface area contributed by atoms with Gasteiger partial charge >= 0.3 is 0 Å². The molecule has 146 valence electrons. The van der Waals surface area contributed by atoms with E-state index in [2.05, 4.69) is 28.6 Å². The van der Waals surface area contributed by atoms with Crippen molar-refractivity contribution in [3.05, 3.63) is 29.8 Å². The molecule has 0 saturated heterocycles. The number of nitrogens with zero attached hydrogens (tertiary/aromatic N) is 2. The normalized spacial score (nSPS) is 16.8. The Labute approximate surface area is 172 Å². The maximum atomic E-state index is 11.8. The maximum Gasteiger partial charge on any atom is 0.243 e. The maximum absolute atomic E-state index is 11.8. The summed E-state index contributed by atoms with van der Waals surface area (Å²) in [5.41, 5.74) is 1.20. The fourth-order valence-electron chi connectivity index (χ4n) is 2.63. The van der Waals surface area contributed by atoms with E-state index in [0.717, 1.165) is 5.75 Å². The molecular formula is C18H29IN4O3. The molecule has 0 radical (unpaired) electrons. The number of carbonyl (C=O) groups excluding carboxylic acids is 1. The van der Waals surface area contributed by atoms with Crippen molar-refractivity contribution in [2.24, 2.45) is 4.99 Å². The highest BCUT2D eigenvalue weighted by Gasteiger charge is 2.29. The Balaban J connectivity index is 0.00000338. The van der Waals surface area contributed by atoms with Crippen molar-refractivity contribution < 1.29 is 14.3 Å². The number of guanidine groups is 1. The number of ether oxygens (including phenoxy) is 2. The van der Waals surface area contributed by atoms with E-state index < -0.39 is 0 Å². The van der Waals surface area contributed by atoms with Gasteiger partial charge in [0.05, 0.1) is 13.2 Å². The summed E-state index contributed by atoms with van der Waals surface area (Å²) in [6, 6.07) is 8.19. The lowest BCUT2D eigenvalue weighted by Crippen LogP contribution is -2.46. The largest absolute Gasteiger partial charge is 0.493 e. The van der Waals surface area contributed by atoms with Gasteiger partial charge < -0.3 is 25.0 Å². The van der Waals surface area contributed by atoms with Crippen molar-refractivity contribution in [2.75, 3.05) is 47.5 Å². The summed E-state index contributed by atoms with van der Waals surface area (Å²) < 4.78 is 10.8. The molecule has 2 atom stereocenters. The number of fused-ring (bicyclic) bond motifs is 1. The lowest BCUT2D eigenvalue weighted by Gasteiger charge is -2.23. The zero-order valence-electron chi connectivity index (χ0n) is 15.8. The number of benzene rings is 1. The van der Waals surface area contributed by atoms with Gasteiger partial charge in [0, 0.05) is 45.3 Å². The summed E-state index contributed by atoms with van der Waals surface area (Å²) >= 11 is 0. The molecule has 1 heterocycles. The third-order valence-corrected chi connectivity index (χ3v) is 4.17. The Hall–Kier alpha value is -1.55. The molecule has 0 saturated carbocycles. The third kappa shape index (κ3) is 6.31. The molecular weight excluding hydrogens is 447 g/mol. The quantitative estimate of drug-likeness (QED) is 0.270. The Morgan fingerprint density at radius 1 is 1.42 bits per heavy atom. The molecule has 0 bridgehead atoms. The predicted octanol–water partition coefficient (Wildman–Crippen LogP) is 1.44. The van der Waals surface area contributed by atoms with Crippen LogP contribution in [0.1, 0.15) is 18.4 Å². The van der Waals surface area contributed by atoms with Crippen molar-refractivity contribution in [2.45, 2.75) is 18.9 Å². The van der Waals surface area contributed by atoms with Gasteiger partial charge in [0.15, 0.2) is 5.96 Å². The number of likely N-dealkylation sites (N-methyl/N-ethyl adjacent to an activating group) is 1. The molecule has 1 aromatic rings. The summed E-state index contributed by atoms with van der Waals surface area (Å²) in [6.07, 6.45) is 0. The van der Waals surface area contributed by atoms with Crippen LogP contribution in [0.25, 0.3) is 0 Å².